The predicted octanol–water partition coefficient (Wildman–Crippen LogP) is 10.9. The molecule has 10 rings (SSSR count). The van der Waals surface area contributed by atoms with Gasteiger partial charge in [-0.15, -0.1) is 0 Å². The van der Waals surface area contributed by atoms with E-state index >= 15 is 0 Å². The third-order valence-corrected chi connectivity index (χ3v) is 13.8. The first-order chi connectivity index (χ1) is 25.7. The molecule has 1 saturated heterocycles. The molecule has 0 radical (unpaired) electrons. The minimum atomic E-state index is -4.44. The maximum Gasteiger partial charge on any atom is 0.416 e. The fourth-order valence-corrected chi connectivity index (χ4v) is 11.4. The van der Waals surface area contributed by atoms with Crippen molar-refractivity contribution in [2.75, 3.05) is 43.7 Å². The number of nitrogens with zero attached hydrogens (tertiary/aromatic N) is 1. The van der Waals surface area contributed by atoms with Crippen molar-refractivity contribution in [1.29, 1.82) is 0 Å². The van der Waals surface area contributed by atoms with Crippen molar-refractivity contribution in [3.05, 3.63) is 124 Å². The summed E-state index contributed by atoms with van der Waals surface area (Å²) < 4.78 is 62.6. The van der Waals surface area contributed by atoms with Crippen LogP contribution in [0.25, 0.3) is 28.0 Å². The molecule has 2 aliphatic heterocycles. The number of benzene rings is 5. The van der Waals surface area contributed by atoms with Gasteiger partial charge in [0.05, 0.1) is 19.8 Å². The Kier molecular flexibility index (Phi) is 7.46. The first-order valence-corrected chi connectivity index (χ1v) is 19.8. The van der Waals surface area contributed by atoms with Gasteiger partial charge < -0.3 is 19.1 Å². The van der Waals surface area contributed by atoms with Crippen LogP contribution in [0.15, 0.2) is 91.0 Å². The van der Waals surface area contributed by atoms with Crippen molar-refractivity contribution in [3.8, 4) is 28.4 Å². The lowest BCUT2D eigenvalue weighted by molar-refractivity contribution is -0.137. The van der Waals surface area contributed by atoms with Crippen LogP contribution in [0.3, 0.4) is 0 Å². The number of rotatable bonds is 5. The third-order valence-electron chi connectivity index (χ3n) is 12.8. The zero-order chi connectivity index (χ0) is 36.1. The van der Waals surface area contributed by atoms with Gasteiger partial charge in [-0.2, -0.15) is 24.9 Å². The molecule has 3 aliphatic carbocycles. The first kappa shape index (κ1) is 33.0. The highest BCUT2D eigenvalue weighted by Crippen LogP contribution is 2.69. The van der Waals surface area contributed by atoms with Gasteiger partial charge in [-0.25, -0.2) is 0 Å². The summed E-state index contributed by atoms with van der Waals surface area (Å²) in [4.78, 5) is 2.44. The van der Waals surface area contributed by atoms with E-state index in [1.54, 1.807) is 20.3 Å². The Morgan fingerprint density at radius 2 is 1.55 bits per heavy atom. The molecule has 5 aliphatic rings. The van der Waals surface area contributed by atoms with Crippen molar-refractivity contribution < 1.29 is 27.4 Å². The Balaban J connectivity index is 1.25. The Labute approximate surface area is 311 Å². The molecule has 1 spiro atoms. The van der Waals surface area contributed by atoms with E-state index in [0.29, 0.717) is 23.2 Å². The number of thioether (sulfide) groups is 1. The quantitative estimate of drug-likeness (QED) is 0.180. The van der Waals surface area contributed by atoms with E-state index in [0.717, 1.165) is 100.0 Å². The van der Waals surface area contributed by atoms with Gasteiger partial charge in [0.1, 0.15) is 5.75 Å². The molecule has 3 fully saturated rings. The van der Waals surface area contributed by atoms with Gasteiger partial charge in [-0.05, 0) is 101 Å². The number of halogens is 3. The van der Waals surface area contributed by atoms with Crippen LogP contribution in [-0.2, 0) is 17.2 Å². The lowest BCUT2D eigenvalue weighted by Crippen LogP contribution is -2.37. The third kappa shape index (κ3) is 4.76. The van der Waals surface area contributed by atoms with E-state index in [9.17, 15) is 13.2 Å². The lowest BCUT2D eigenvalue weighted by Gasteiger charge is -2.41. The fraction of sp³-hybridized carbons (Fsp3) is 0.333. The van der Waals surface area contributed by atoms with Gasteiger partial charge in [0.15, 0.2) is 17.1 Å². The van der Waals surface area contributed by atoms with Crippen LogP contribution in [-0.4, -0.2) is 38.8 Å². The van der Waals surface area contributed by atoms with Gasteiger partial charge in [0.2, 0.25) is 0 Å². The monoisotopic (exact) mass is 731 g/mol. The normalized spacial score (nSPS) is 25.3. The molecule has 5 aromatic carbocycles. The van der Waals surface area contributed by atoms with Gasteiger partial charge >= 0.3 is 6.18 Å². The highest BCUT2D eigenvalue weighted by molar-refractivity contribution is 7.99. The second-order valence-electron chi connectivity index (χ2n) is 15.2. The molecule has 53 heavy (non-hydrogen) atoms. The Morgan fingerprint density at radius 1 is 0.830 bits per heavy atom. The summed E-state index contributed by atoms with van der Waals surface area (Å²) in [5, 5.41) is 1.74. The van der Waals surface area contributed by atoms with Crippen molar-refractivity contribution in [2.45, 2.75) is 42.9 Å². The van der Waals surface area contributed by atoms with Crippen LogP contribution >= 0.6 is 11.8 Å². The number of hydrogen-bond donors (Lipinski definition) is 0. The van der Waals surface area contributed by atoms with Crippen molar-refractivity contribution >= 4 is 34.3 Å². The summed E-state index contributed by atoms with van der Waals surface area (Å²) in [7, 11) is 3.24. The molecular weight excluding hydrogens is 692 g/mol. The molecule has 2 bridgehead atoms. The molecule has 0 N–H and O–H groups in total. The van der Waals surface area contributed by atoms with Gasteiger partial charge in [0, 0.05) is 57.8 Å². The molecule has 8 heteroatoms. The zero-order valence-electron chi connectivity index (χ0n) is 29.8. The lowest BCUT2D eigenvalue weighted by atomic mass is 9.65. The average Bonchev–Trinajstić information content (AvgIpc) is 3.90. The van der Waals surface area contributed by atoms with Gasteiger partial charge in [-0.1, -0.05) is 61.0 Å². The van der Waals surface area contributed by atoms with E-state index in [-0.39, 0.29) is 5.92 Å². The van der Waals surface area contributed by atoms with Crippen LogP contribution in [0, 0.1) is 11.8 Å². The molecule has 0 amide bonds. The van der Waals surface area contributed by atoms with Crippen LogP contribution in [0.2, 0.25) is 0 Å². The van der Waals surface area contributed by atoms with Crippen LogP contribution < -0.4 is 19.1 Å². The van der Waals surface area contributed by atoms with Gasteiger partial charge in [0.25, 0.3) is 0 Å². The molecular formula is C45H40F3NO3S. The van der Waals surface area contributed by atoms with Crippen molar-refractivity contribution in [1.82, 2.24) is 0 Å². The number of ether oxygens (including phenoxy) is 3. The number of anilines is 1. The predicted molar refractivity (Wildman–Crippen MR) is 207 cm³/mol. The molecule has 2 saturated carbocycles. The Bertz CT molecular complexity index is 2300. The van der Waals surface area contributed by atoms with E-state index in [1.165, 1.54) is 17.8 Å². The first-order valence-electron chi connectivity index (χ1n) is 18.6. The SMILES string of the molecule is COc1cc2c3c(c4c(c2cc1OC)-c1ccc(C(F)(F)F)cc1C41CC2CCC1C2)C=CC(c1ccccc1)(c1ccc(N2CCSCC2)cc1)O3. The standard InChI is InChI=1S/C45H40F3NO3S/c1-50-38-24-35-36(25-39(38)51-2)42-34(41-40(35)33-15-12-31(45(46,47)48)23-37(33)43(41)26-27-8-9-30(43)22-27)16-17-44(52-42,28-6-4-3-5-7-28)29-10-13-32(14-11-29)49-18-20-53-21-19-49/h3-7,10-17,23-25,27,30H,8-9,18-22,26H2,1-2H3. The summed E-state index contributed by atoms with van der Waals surface area (Å²) in [6.45, 7) is 2.05. The van der Waals surface area contributed by atoms with Crippen LogP contribution in [0.4, 0.5) is 18.9 Å². The summed E-state index contributed by atoms with van der Waals surface area (Å²) in [5.74, 6) is 4.80. The smallest absolute Gasteiger partial charge is 0.416 e. The number of methoxy groups -OCH3 is 2. The summed E-state index contributed by atoms with van der Waals surface area (Å²) >= 11 is 1.99. The maximum absolute atomic E-state index is 14.4. The van der Waals surface area contributed by atoms with E-state index in [1.807, 2.05) is 42.1 Å². The second-order valence-corrected chi connectivity index (χ2v) is 16.5. The topological polar surface area (TPSA) is 30.9 Å². The average molecular weight is 732 g/mol. The zero-order valence-corrected chi connectivity index (χ0v) is 30.6. The van der Waals surface area contributed by atoms with Crippen molar-refractivity contribution in [3.63, 3.8) is 0 Å². The number of fused-ring (bicyclic) bond motifs is 13. The molecule has 5 aromatic rings. The number of hydrogen-bond acceptors (Lipinski definition) is 5. The second kappa shape index (κ2) is 12.0. The summed E-state index contributed by atoms with van der Waals surface area (Å²) in [5.41, 5.74) is 5.81. The summed E-state index contributed by atoms with van der Waals surface area (Å²) in [6, 6.07) is 27.5. The van der Waals surface area contributed by atoms with Crippen LogP contribution in [0.1, 0.15) is 59.1 Å². The molecule has 4 atom stereocenters. The molecule has 4 nitrogen and oxygen atoms in total. The molecule has 0 aromatic heterocycles. The van der Waals surface area contributed by atoms with Crippen molar-refractivity contribution in [2.24, 2.45) is 11.8 Å². The van der Waals surface area contributed by atoms with Crippen LogP contribution in [0.5, 0.6) is 17.2 Å². The molecule has 2 heterocycles. The fourth-order valence-electron chi connectivity index (χ4n) is 10.5. The van der Waals surface area contributed by atoms with Gasteiger partial charge in [-0.3, -0.25) is 0 Å². The van der Waals surface area contributed by atoms with E-state index in [2.05, 4.69) is 53.5 Å². The van der Waals surface area contributed by atoms with E-state index in [4.69, 9.17) is 14.2 Å². The number of alkyl halides is 3. The Hall–Kier alpha value is -4.56. The molecule has 4 unspecified atom stereocenters. The highest BCUT2D eigenvalue weighted by Gasteiger charge is 2.59. The largest absolute Gasteiger partial charge is 0.493 e. The molecule has 270 valence electrons. The minimum Gasteiger partial charge on any atom is -0.493 e. The van der Waals surface area contributed by atoms with E-state index < -0.39 is 22.8 Å². The highest BCUT2D eigenvalue weighted by atomic mass is 32.2. The maximum atomic E-state index is 14.4. The minimum absolute atomic E-state index is 0.243. The Morgan fingerprint density at radius 3 is 2.21 bits per heavy atom. The summed E-state index contributed by atoms with van der Waals surface area (Å²) in [6.07, 6.45) is 3.91.